The highest BCUT2D eigenvalue weighted by molar-refractivity contribution is 9.10. The van der Waals surface area contributed by atoms with E-state index in [1.165, 1.54) is 0 Å². The lowest BCUT2D eigenvalue weighted by Gasteiger charge is -2.35. The van der Waals surface area contributed by atoms with Gasteiger partial charge in [-0.1, -0.05) is 28.1 Å². The zero-order valence-electron chi connectivity index (χ0n) is 20.7. The number of H-pyrrole nitrogens is 2. The molecule has 0 amide bonds. The van der Waals surface area contributed by atoms with Crippen LogP contribution in [0.1, 0.15) is 17.2 Å². The average molecular weight is 567 g/mol. The Morgan fingerprint density at radius 2 is 1.97 bits per heavy atom. The lowest BCUT2D eigenvalue weighted by atomic mass is 10.1. The van der Waals surface area contributed by atoms with Gasteiger partial charge in [-0.3, -0.25) is 9.69 Å². The van der Waals surface area contributed by atoms with Gasteiger partial charge in [0.15, 0.2) is 0 Å². The molecule has 4 aromatic rings. The molecule has 1 atom stereocenters. The van der Waals surface area contributed by atoms with Gasteiger partial charge in [0.1, 0.15) is 11.4 Å². The number of piperazine rings is 1. The first-order valence-corrected chi connectivity index (χ1v) is 13.2. The number of anilines is 2. The number of nitrogens with one attached hydrogen (secondary N) is 3. The van der Waals surface area contributed by atoms with Crippen molar-refractivity contribution in [3.63, 3.8) is 0 Å². The smallest absolute Gasteiger partial charge is 0.261 e. The summed E-state index contributed by atoms with van der Waals surface area (Å²) in [6, 6.07) is 13.5. The van der Waals surface area contributed by atoms with E-state index in [9.17, 15) is 15.0 Å². The number of imidazole rings is 1. The van der Waals surface area contributed by atoms with Crippen LogP contribution in [-0.4, -0.2) is 75.9 Å². The van der Waals surface area contributed by atoms with Crippen LogP contribution in [-0.2, 0) is 0 Å². The first-order valence-electron chi connectivity index (χ1n) is 12.4. The fourth-order valence-corrected chi connectivity index (χ4v) is 5.26. The van der Waals surface area contributed by atoms with Crippen molar-refractivity contribution in [2.45, 2.75) is 13.0 Å². The van der Waals surface area contributed by atoms with Crippen LogP contribution in [0.5, 0.6) is 0 Å². The molecular weight excluding hydrogens is 536 g/mol. The molecule has 2 aromatic heterocycles. The third-order valence-electron chi connectivity index (χ3n) is 6.83. The Labute approximate surface area is 223 Å². The summed E-state index contributed by atoms with van der Waals surface area (Å²) in [5.74, 6) is 0.476. The number of aromatic amines is 2. The van der Waals surface area contributed by atoms with Gasteiger partial charge in [0.2, 0.25) is 0 Å². The average Bonchev–Trinajstić information content (AvgIpc) is 3.32. The Morgan fingerprint density at radius 1 is 1.16 bits per heavy atom. The molecule has 37 heavy (non-hydrogen) atoms. The van der Waals surface area contributed by atoms with Crippen LogP contribution in [0.25, 0.3) is 22.4 Å². The maximum absolute atomic E-state index is 12.9. The number of nitrogens with zero attached hydrogens (tertiary/aromatic N) is 3. The highest BCUT2D eigenvalue weighted by atomic mass is 79.9. The standard InChI is InChI=1S/C27H31BrN6O3/c1-17-13-20(34-9-7-33(8-10-34)11-12-35)15-22-25(17)32-26(31-22)24-21(5-6-29-27(24)37)30-16-23(36)18-3-2-4-19(28)14-18/h2-6,13-15,23,35-36H,7-12,16H2,1H3,(H,31,32)(H2,29,30,37)/t23-/m0/s1. The van der Waals surface area contributed by atoms with Crippen LogP contribution < -0.4 is 15.8 Å². The summed E-state index contributed by atoms with van der Waals surface area (Å²) < 4.78 is 0.893. The van der Waals surface area contributed by atoms with Gasteiger partial charge in [-0.05, 0) is 48.4 Å². The maximum atomic E-state index is 12.9. The van der Waals surface area contributed by atoms with Crippen molar-refractivity contribution in [1.82, 2.24) is 19.9 Å². The van der Waals surface area contributed by atoms with Crippen molar-refractivity contribution in [3.05, 3.63) is 74.6 Å². The van der Waals surface area contributed by atoms with Gasteiger partial charge >= 0.3 is 0 Å². The number of hydrogen-bond acceptors (Lipinski definition) is 7. The second kappa shape index (κ2) is 11.1. The first kappa shape index (κ1) is 25.5. The molecule has 1 aliphatic rings. The van der Waals surface area contributed by atoms with E-state index in [4.69, 9.17) is 4.98 Å². The fraction of sp³-hybridized carbons (Fsp3) is 0.333. The Bertz CT molecular complexity index is 1440. The summed E-state index contributed by atoms with van der Waals surface area (Å²) in [6.07, 6.45) is 0.838. The van der Waals surface area contributed by atoms with E-state index in [0.717, 1.165) is 58.5 Å². The Kier molecular flexibility index (Phi) is 7.61. The van der Waals surface area contributed by atoms with Crippen LogP contribution in [0.4, 0.5) is 11.4 Å². The number of fused-ring (bicyclic) bond motifs is 1. The second-order valence-corrected chi connectivity index (χ2v) is 10.3. The van der Waals surface area contributed by atoms with Crippen molar-refractivity contribution >= 4 is 38.3 Å². The van der Waals surface area contributed by atoms with Gasteiger partial charge in [-0.15, -0.1) is 0 Å². The predicted molar refractivity (Wildman–Crippen MR) is 150 cm³/mol. The third kappa shape index (κ3) is 5.57. The number of halogens is 1. The number of aromatic nitrogens is 3. The number of rotatable bonds is 8. The van der Waals surface area contributed by atoms with Gasteiger partial charge in [-0.25, -0.2) is 4.98 Å². The van der Waals surface area contributed by atoms with E-state index >= 15 is 0 Å². The Morgan fingerprint density at radius 3 is 2.73 bits per heavy atom. The summed E-state index contributed by atoms with van der Waals surface area (Å²) in [6.45, 7) is 6.74. The van der Waals surface area contributed by atoms with Gasteiger partial charge in [0, 0.05) is 55.6 Å². The van der Waals surface area contributed by atoms with Crippen LogP contribution >= 0.6 is 15.9 Å². The normalized spacial score (nSPS) is 15.3. The van der Waals surface area contributed by atoms with Crippen molar-refractivity contribution in [2.75, 3.05) is 56.1 Å². The minimum atomic E-state index is -0.747. The number of aryl methyl sites for hydroxylation is 1. The minimum absolute atomic E-state index is 0.181. The molecule has 3 heterocycles. The number of β-amino-alcohol motifs (C(OH)–C–C–N with tert-alkyl or cyclic N) is 1. The molecule has 0 radical (unpaired) electrons. The summed E-state index contributed by atoms with van der Waals surface area (Å²) in [5, 5.41) is 23.1. The molecular formula is C27H31BrN6O3. The lowest BCUT2D eigenvalue weighted by molar-refractivity contribution is 0.189. The number of hydrogen-bond donors (Lipinski definition) is 5. The maximum Gasteiger partial charge on any atom is 0.261 e. The summed E-state index contributed by atoms with van der Waals surface area (Å²) in [5.41, 5.74) is 5.33. The highest BCUT2D eigenvalue weighted by Crippen LogP contribution is 2.30. The zero-order valence-corrected chi connectivity index (χ0v) is 22.3. The summed E-state index contributed by atoms with van der Waals surface area (Å²) >= 11 is 3.44. The second-order valence-electron chi connectivity index (χ2n) is 9.34. The van der Waals surface area contributed by atoms with Crippen LogP contribution in [0.2, 0.25) is 0 Å². The fourth-order valence-electron chi connectivity index (χ4n) is 4.84. The number of pyridine rings is 1. The van der Waals surface area contributed by atoms with Gasteiger partial charge in [0.25, 0.3) is 5.56 Å². The molecule has 0 spiro atoms. The van der Waals surface area contributed by atoms with E-state index in [1.807, 2.05) is 31.2 Å². The molecule has 0 unspecified atom stereocenters. The van der Waals surface area contributed by atoms with Gasteiger partial charge in [-0.2, -0.15) is 0 Å². The predicted octanol–water partition coefficient (Wildman–Crippen LogP) is 3.25. The Balaban J connectivity index is 1.40. The molecule has 194 valence electrons. The van der Waals surface area contributed by atoms with Crippen molar-refractivity contribution in [3.8, 4) is 11.4 Å². The summed E-state index contributed by atoms with van der Waals surface area (Å²) in [7, 11) is 0. The van der Waals surface area contributed by atoms with Crippen LogP contribution in [0.15, 0.2) is 57.9 Å². The molecule has 5 N–H and O–H groups in total. The SMILES string of the molecule is Cc1cc(N2CCN(CCO)CC2)cc2[nH]c(-c3c(NC[C@H](O)c4cccc(Br)c4)cc[nH]c3=O)nc12. The van der Waals surface area contributed by atoms with E-state index in [0.29, 0.717) is 23.6 Å². The minimum Gasteiger partial charge on any atom is -0.395 e. The monoisotopic (exact) mass is 566 g/mol. The Hall–Kier alpha value is -3.18. The molecule has 1 fully saturated rings. The topological polar surface area (TPSA) is 121 Å². The first-order chi connectivity index (χ1) is 17.9. The van der Waals surface area contributed by atoms with E-state index in [2.05, 4.69) is 53.1 Å². The molecule has 10 heteroatoms. The largest absolute Gasteiger partial charge is 0.395 e. The van der Waals surface area contributed by atoms with E-state index in [1.54, 1.807) is 12.3 Å². The number of aliphatic hydroxyl groups is 2. The quantitative estimate of drug-likeness (QED) is 0.222. The molecule has 0 aliphatic carbocycles. The van der Waals surface area contributed by atoms with Crippen molar-refractivity contribution in [2.24, 2.45) is 0 Å². The molecule has 0 saturated carbocycles. The van der Waals surface area contributed by atoms with Gasteiger partial charge < -0.3 is 30.4 Å². The van der Waals surface area contributed by atoms with Crippen molar-refractivity contribution in [1.29, 1.82) is 0 Å². The zero-order chi connectivity index (χ0) is 25.9. The molecule has 0 bridgehead atoms. The molecule has 1 aliphatic heterocycles. The van der Waals surface area contributed by atoms with E-state index < -0.39 is 6.10 Å². The van der Waals surface area contributed by atoms with Crippen LogP contribution in [0.3, 0.4) is 0 Å². The molecule has 1 saturated heterocycles. The number of aliphatic hydroxyl groups excluding tert-OH is 2. The van der Waals surface area contributed by atoms with Gasteiger partial charge in [0.05, 0.1) is 29.4 Å². The highest BCUT2D eigenvalue weighted by Gasteiger charge is 2.20. The van der Waals surface area contributed by atoms with Crippen LogP contribution in [0, 0.1) is 6.92 Å². The summed E-state index contributed by atoms with van der Waals surface area (Å²) in [4.78, 5) is 28.4. The van der Waals surface area contributed by atoms with E-state index in [-0.39, 0.29) is 18.7 Å². The van der Waals surface area contributed by atoms with Crippen molar-refractivity contribution < 1.29 is 10.2 Å². The lowest BCUT2D eigenvalue weighted by Crippen LogP contribution is -2.47. The number of benzene rings is 2. The molecule has 5 rings (SSSR count). The third-order valence-corrected chi connectivity index (χ3v) is 7.33. The molecule has 9 nitrogen and oxygen atoms in total. The molecule has 2 aromatic carbocycles.